The van der Waals surface area contributed by atoms with Crippen molar-refractivity contribution in [2.75, 3.05) is 0 Å². The van der Waals surface area contributed by atoms with E-state index in [1.807, 2.05) is 26.8 Å². The first-order chi connectivity index (χ1) is 8.47. The normalized spacial score (nSPS) is 11.3. The van der Waals surface area contributed by atoms with Crippen LogP contribution in [0.3, 0.4) is 0 Å². The molecule has 2 rings (SSSR count). The Labute approximate surface area is 106 Å². The number of nitrogens with zero attached hydrogens (tertiary/aromatic N) is 1. The average Bonchev–Trinajstić information content (AvgIpc) is 2.78. The zero-order valence-electron chi connectivity index (χ0n) is 10.6. The molecule has 0 radical (unpaired) electrons. The van der Waals surface area contributed by atoms with E-state index in [4.69, 9.17) is 9.26 Å². The molecule has 0 saturated carbocycles. The number of esters is 1. The number of benzene rings is 1. The maximum absolute atomic E-state index is 11.8. The zero-order valence-corrected chi connectivity index (χ0v) is 10.6. The lowest BCUT2D eigenvalue weighted by molar-refractivity contribution is 0.0720. The van der Waals surface area contributed by atoms with Crippen LogP contribution >= 0.6 is 0 Å². The summed E-state index contributed by atoms with van der Waals surface area (Å²) in [6.07, 6.45) is 0. The molecule has 0 unspecified atom stereocenters. The molecule has 1 aromatic carbocycles. The molecule has 1 aromatic heterocycles. The Kier molecular flexibility index (Phi) is 3.19. The van der Waals surface area contributed by atoms with Crippen molar-refractivity contribution in [1.82, 2.24) is 5.16 Å². The monoisotopic (exact) mass is 245 g/mol. The van der Waals surface area contributed by atoms with Gasteiger partial charge in [-0.25, -0.2) is 4.79 Å². The Balaban J connectivity index is 2.11. The van der Waals surface area contributed by atoms with Gasteiger partial charge in [0.2, 0.25) is 0 Å². The van der Waals surface area contributed by atoms with E-state index in [2.05, 4.69) is 5.16 Å². The van der Waals surface area contributed by atoms with Crippen LogP contribution in [0.15, 0.2) is 40.9 Å². The molecule has 1 heterocycles. The van der Waals surface area contributed by atoms with Crippen LogP contribution in [0.25, 0.3) is 0 Å². The highest BCUT2D eigenvalue weighted by atomic mass is 16.6. The number of carbonyl (C=O) groups is 1. The molecule has 0 bridgehead atoms. The van der Waals surface area contributed by atoms with Gasteiger partial charge in [0.25, 0.3) is 5.88 Å². The molecule has 0 aliphatic heterocycles. The average molecular weight is 245 g/mol. The summed E-state index contributed by atoms with van der Waals surface area (Å²) in [7, 11) is 0. The van der Waals surface area contributed by atoms with Crippen molar-refractivity contribution in [3.05, 3.63) is 47.7 Å². The van der Waals surface area contributed by atoms with E-state index >= 15 is 0 Å². The highest BCUT2D eigenvalue weighted by molar-refractivity contribution is 5.90. The van der Waals surface area contributed by atoms with Crippen molar-refractivity contribution in [3.8, 4) is 5.88 Å². The minimum atomic E-state index is -0.440. The van der Waals surface area contributed by atoms with E-state index < -0.39 is 5.97 Å². The van der Waals surface area contributed by atoms with Gasteiger partial charge in [-0.1, -0.05) is 39.0 Å². The summed E-state index contributed by atoms with van der Waals surface area (Å²) in [4.78, 5) is 11.8. The third-order valence-corrected chi connectivity index (χ3v) is 2.43. The van der Waals surface area contributed by atoms with Crippen molar-refractivity contribution in [1.29, 1.82) is 0 Å². The van der Waals surface area contributed by atoms with Crippen LogP contribution in [0.4, 0.5) is 0 Å². The second-order valence-corrected chi connectivity index (χ2v) is 5.03. The van der Waals surface area contributed by atoms with Gasteiger partial charge in [-0.3, -0.25) is 0 Å². The summed E-state index contributed by atoms with van der Waals surface area (Å²) in [5.41, 5.74) is 0.322. The predicted molar refractivity (Wildman–Crippen MR) is 66.6 cm³/mol. The first kappa shape index (κ1) is 12.4. The Bertz CT molecular complexity index is 538. The smallest absolute Gasteiger partial charge is 0.344 e. The van der Waals surface area contributed by atoms with Crippen molar-refractivity contribution in [2.45, 2.75) is 26.2 Å². The number of hydrogen-bond acceptors (Lipinski definition) is 4. The second kappa shape index (κ2) is 4.64. The predicted octanol–water partition coefficient (Wildman–Crippen LogP) is 3.19. The van der Waals surface area contributed by atoms with Gasteiger partial charge in [0.15, 0.2) is 0 Å². The summed E-state index contributed by atoms with van der Waals surface area (Å²) in [6.45, 7) is 5.99. The third kappa shape index (κ3) is 2.77. The molecule has 0 atom stereocenters. The molecule has 0 aliphatic rings. The molecule has 4 heteroatoms. The fourth-order valence-electron chi connectivity index (χ4n) is 1.39. The Morgan fingerprint density at radius 2 is 1.89 bits per heavy atom. The molecule has 94 valence electrons. The Hall–Kier alpha value is -2.10. The van der Waals surface area contributed by atoms with E-state index in [1.165, 1.54) is 0 Å². The molecule has 0 amide bonds. The number of aromatic nitrogens is 1. The highest BCUT2D eigenvalue weighted by Crippen LogP contribution is 2.25. The summed E-state index contributed by atoms with van der Waals surface area (Å²) in [5, 5.41) is 3.73. The van der Waals surface area contributed by atoms with Gasteiger partial charge in [0.05, 0.1) is 5.56 Å². The molecule has 0 aliphatic carbocycles. The van der Waals surface area contributed by atoms with E-state index in [1.54, 1.807) is 30.3 Å². The number of rotatable bonds is 2. The zero-order chi connectivity index (χ0) is 13.2. The summed E-state index contributed by atoms with van der Waals surface area (Å²) in [6, 6.07) is 10.4. The van der Waals surface area contributed by atoms with Crippen molar-refractivity contribution in [3.63, 3.8) is 0 Å². The maximum Gasteiger partial charge on any atom is 0.344 e. The molecule has 0 N–H and O–H groups in total. The second-order valence-electron chi connectivity index (χ2n) is 5.03. The fourth-order valence-corrected chi connectivity index (χ4v) is 1.39. The van der Waals surface area contributed by atoms with Gasteiger partial charge in [-0.2, -0.15) is 0 Å². The van der Waals surface area contributed by atoms with Gasteiger partial charge in [-0.15, -0.1) is 0 Å². The highest BCUT2D eigenvalue weighted by Gasteiger charge is 2.21. The molecule has 0 fully saturated rings. The number of carbonyl (C=O) groups excluding carboxylic acids is 1. The molecule has 4 nitrogen and oxygen atoms in total. The SMILES string of the molecule is CC(C)(C)c1cc(OC(=O)c2ccccc2)no1. The first-order valence-electron chi connectivity index (χ1n) is 5.71. The molecule has 2 aromatic rings. The number of hydrogen-bond donors (Lipinski definition) is 0. The quantitative estimate of drug-likeness (QED) is 0.762. The lowest BCUT2D eigenvalue weighted by atomic mass is 9.94. The van der Waals surface area contributed by atoms with Gasteiger partial charge in [0.1, 0.15) is 5.76 Å². The van der Waals surface area contributed by atoms with E-state index in [-0.39, 0.29) is 11.3 Å². The molecular formula is C14H15NO3. The number of ether oxygens (including phenoxy) is 1. The molecule has 0 saturated heterocycles. The van der Waals surface area contributed by atoms with Gasteiger partial charge >= 0.3 is 5.97 Å². The van der Waals surface area contributed by atoms with Crippen molar-refractivity contribution < 1.29 is 14.1 Å². The van der Waals surface area contributed by atoms with Gasteiger partial charge in [0, 0.05) is 11.5 Å². The van der Waals surface area contributed by atoms with Crippen LogP contribution in [0.2, 0.25) is 0 Å². The van der Waals surface area contributed by atoms with Crippen LogP contribution in [0.1, 0.15) is 36.9 Å². The minimum absolute atomic E-state index is 0.162. The van der Waals surface area contributed by atoms with Gasteiger partial charge < -0.3 is 9.26 Å². The van der Waals surface area contributed by atoms with E-state index in [0.29, 0.717) is 11.3 Å². The largest absolute Gasteiger partial charge is 0.400 e. The van der Waals surface area contributed by atoms with Crippen LogP contribution in [0.5, 0.6) is 5.88 Å². The van der Waals surface area contributed by atoms with Crippen LogP contribution < -0.4 is 4.74 Å². The Morgan fingerprint density at radius 3 is 2.44 bits per heavy atom. The van der Waals surface area contributed by atoms with Crippen LogP contribution in [0, 0.1) is 0 Å². The Morgan fingerprint density at radius 1 is 1.22 bits per heavy atom. The fraction of sp³-hybridized carbons (Fsp3) is 0.286. The van der Waals surface area contributed by atoms with Crippen molar-refractivity contribution in [2.24, 2.45) is 0 Å². The molecule has 0 spiro atoms. The van der Waals surface area contributed by atoms with E-state index in [0.717, 1.165) is 0 Å². The van der Waals surface area contributed by atoms with Crippen LogP contribution in [-0.2, 0) is 5.41 Å². The summed E-state index contributed by atoms with van der Waals surface area (Å²) in [5.74, 6) is 0.427. The minimum Gasteiger partial charge on any atom is -0.400 e. The summed E-state index contributed by atoms with van der Waals surface area (Å²) >= 11 is 0. The third-order valence-electron chi connectivity index (χ3n) is 2.43. The molecular weight excluding hydrogens is 230 g/mol. The molecule has 18 heavy (non-hydrogen) atoms. The maximum atomic E-state index is 11.8. The van der Waals surface area contributed by atoms with Crippen LogP contribution in [-0.4, -0.2) is 11.1 Å². The summed E-state index contributed by atoms with van der Waals surface area (Å²) < 4.78 is 10.3. The topological polar surface area (TPSA) is 52.3 Å². The van der Waals surface area contributed by atoms with Gasteiger partial charge in [-0.05, 0) is 17.3 Å². The standard InChI is InChI=1S/C14H15NO3/c1-14(2,3)11-9-12(15-18-11)17-13(16)10-7-5-4-6-8-10/h4-9H,1-3H3. The van der Waals surface area contributed by atoms with E-state index in [9.17, 15) is 4.79 Å². The van der Waals surface area contributed by atoms with Crippen molar-refractivity contribution >= 4 is 5.97 Å². The first-order valence-corrected chi connectivity index (χ1v) is 5.71. The lowest BCUT2D eigenvalue weighted by Gasteiger charge is -2.11. The lowest BCUT2D eigenvalue weighted by Crippen LogP contribution is -2.10.